The van der Waals surface area contributed by atoms with Crippen molar-refractivity contribution in [2.75, 3.05) is 78.5 Å². The van der Waals surface area contributed by atoms with Gasteiger partial charge in [-0.15, -0.1) is 0 Å². The van der Waals surface area contributed by atoms with Crippen LogP contribution in [0.1, 0.15) is 52.4 Å². The van der Waals surface area contributed by atoms with Crippen molar-refractivity contribution in [3.05, 3.63) is 0 Å². The summed E-state index contributed by atoms with van der Waals surface area (Å²) in [6, 6.07) is 0. The van der Waals surface area contributed by atoms with Gasteiger partial charge in [-0.05, 0) is 12.8 Å². The van der Waals surface area contributed by atoms with Crippen molar-refractivity contribution in [2.45, 2.75) is 52.4 Å². The highest BCUT2D eigenvalue weighted by Gasteiger charge is 2.53. The maximum absolute atomic E-state index is 5.33. The summed E-state index contributed by atoms with van der Waals surface area (Å²) < 4.78 is 0. The van der Waals surface area contributed by atoms with E-state index in [0.717, 1.165) is 0 Å². The average Bonchev–Trinajstić information content (AvgIpc) is 3.16. The molecule has 8 heterocycles. The highest BCUT2D eigenvalue weighted by atomic mass is 15.3. The lowest BCUT2D eigenvalue weighted by Crippen LogP contribution is -2.62. The van der Waals surface area contributed by atoms with E-state index in [-0.39, 0.29) is 10.8 Å². The molecule has 8 saturated heterocycles. The largest absolute Gasteiger partial charge is 0.300 e. The molecule has 0 aromatic carbocycles. The van der Waals surface area contributed by atoms with Crippen molar-refractivity contribution < 1.29 is 0 Å². The SMILES string of the molecule is CCCCC12CN3CCN(CC(C3)C1=NN=C1C3CN4CCN(C3)CC1(CCCC)C4)C2. The van der Waals surface area contributed by atoms with Gasteiger partial charge in [-0.1, -0.05) is 39.5 Å². The molecule has 0 aromatic rings. The fourth-order valence-corrected chi connectivity index (χ4v) is 8.30. The van der Waals surface area contributed by atoms with Gasteiger partial charge in [0.05, 0.1) is 11.4 Å². The minimum Gasteiger partial charge on any atom is -0.300 e. The quantitative estimate of drug-likeness (QED) is 0.571. The second kappa shape index (κ2) is 8.44. The predicted octanol–water partition coefficient (Wildman–Crippen LogP) is 2.66. The van der Waals surface area contributed by atoms with E-state index in [1.807, 2.05) is 0 Å². The van der Waals surface area contributed by atoms with Gasteiger partial charge in [-0.25, -0.2) is 0 Å². The summed E-state index contributed by atoms with van der Waals surface area (Å²) in [4.78, 5) is 11.0. The first-order chi connectivity index (χ1) is 15.6. The van der Waals surface area contributed by atoms with Crippen LogP contribution in [-0.4, -0.2) is 110 Å². The van der Waals surface area contributed by atoms with Crippen molar-refractivity contribution in [1.29, 1.82) is 0 Å². The molecule has 8 bridgehead atoms. The lowest BCUT2D eigenvalue weighted by atomic mass is 9.67. The van der Waals surface area contributed by atoms with Gasteiger partial charge in [0.15, 0.2) is 0 Å². The Morgan fingerprint density at radius 2 is 0.969 bits per heavy atom. The minimum absolute atomic E-state index is 0.254. The van der Waals surface area contributed by atoms with Gasteiger partial charge in [0.1, 0.15) is 0 Å². The van der Waals surface area contributed by atoms with Gasteiger partial charge in [-0.3, -0.25) is 0 Å². The Morgan fingerprint density at radius 1 is 0.625 bits per heavy atom. The van der Waals surface area contributed by atoms with E-state index in [2.05, 4.69) is 33.4 Å². The molecule has 0 radical (unpaired) electrons. The number of hydrogen-bond acceptors (Lipinski definition) is 6. The van der Waals surface area contributed by atoms with E-state index in [1.165, 1.54) is 128 Å². The molecule has 6 nitrogen and oxygen atoms in total. The molecule has 8 aliphatic heterocycles. The van der Waals surface area contributed by atoms with Crippen molar-refractivity contribution in [3.8, 4) is 0 Å². The first-order valence-corrected chi connectivity index (χ1v) is 13.7. The molecular formula is C26H44N6. The third kappa shape index (κ3) is 3.60. The summed E-state index contributed by atoms with van der Waals surface area (Å²) in [6.07, 6.45) is 7.78. The summed E-state index contributed by atoms with van der Waals surface area (Å²) in [5, 5.41) is 10.7. The molecule has 8 aliphatic rings. The molecule has 0 saturated carbocycles. The molecule has 0 N–H and O–H groups in total. The van der Waals surface area contributed by atoms with Crippen molar-refractivity contribution >= 4 is 11.4 Å². The van der Waals surface area contributed by atoms with Gasteiger partial charge >= 0.3 is 0 Å². The summed E-state index contributed by atoms with van der Waals surface area (Å²) >= 11 is 0. The van der Waals surface area contributed by atoms with Gasteiger partial charge < -0.3 is 19.6 Å². The summed E-state index contributed by atoms with van der Waals surface area (Å²) in [5.74, 6) is 1.19. The van der Waals surface area contributed by atoms with Crippen LogP contribution in [0.25, 0.3) is 0 Å². The number of rotatable bonds is 7. The third-order valence-electron chi connectivity index (χ3n) is 9.63. The monoisotopic (exact) mass is 440 g/mol. The van der Waals surface area contributed by atoms with Crippen LogP contribution in [0.15, 0.2) is 10.2 Å². The zero-order valence-electron chi connectivity index (χ0n) is 20.6. The van der Waals surface area contributed by atoms with Crippen LogP contribution in [-0.2, 0) is 0 Å². The highest BCUT2D eigenvalue weighted by Crippen LogP contribution is 2.44. The molecule has 4 atom stereocenters. The molecule has 0 amide bonds. The Bertz CT molecular complexity index is 678. The lowest BCUT2D eigenvalue weighted by molar-refractivity contribution is 0.106. The Morgan fingerprint density at radius 3 is 1.28 bits per heavy atom. The Balaban J connectivity index is 1.37. The van der Waals surface area contributed by atoms with Gasteiger partial charge in [0.2, 0.25) is 0 Å². The maximum Gasteiger partial charge on any atom is 0.0549 e. The van der Waals surface area contributed by atoms with Crippen LogP contribution in [0.5, 0.6) is 0 Å². The van der Waals surface area contributed by atoms with Crippen LogP contribution in [0.4, 0.5) is 0 Å². The van der Waals surface area contributed by atoms with Crippen molar-refractivity contribution in [3.63, 3.8) is 0 Å². The molecule has 0 aliphatic carbocycles. The fraction of sp³-hybridized carbons (Fsp3) is 0.923. The van der Waals surface area contributed by atoms with E-state index in [4.69, 9.17) is 10.2 Å². The molecule has 0 spiro atoms. The summed E-state index contributed by atoms with van der Waals surface area (Å²) in [7, 11) is 0. The van der Waals surface area contributed by atoms with Crippen LogP contribution >= 0.6 is 0 Å². The maximum atomic E-state index is 5.33. The van der Waals surface area contributed by atoms with Gasteiger partial charge in [0.25, 0.3) is 0 Å². The van der Waals surface area contributed by atoms with E-state index >= 15 is 0 Å². The van der Waals surface area contributed by atoms with Crippen LogP contribution in [0.3, 0.4) is 0 Å². The van der Waals surface area contributed by atoms with Gasteiger partial charge in [0, 0.05) is 101 Å². The molecule has 178 valence electrons. The predicted molar refractivity (Wildman–Crippen MR) is 132 cm³/mol. The Kier molecular flexibility index (Phi) is 5.72. The third-order valence-corrected chi connectivity index (χ3v) is 9.63. The molecule has 8 fully saturated rings. The normalized spacial score (nSPS) is 49.2. The van der Waals surface area contributed by atoms with Crippen molar-refractivity contribution in [2.24, 2.45) is 32.9 Å². The zero-order chi connectivity index (χ0) is 21.8. The number of unbranched alkanes of at least 4 members (excludes halogenated alkanes) is 2. The van der Waals surface area contributed by atoms with Crippen LogP contribution < -0.4 is 0 Å². The van der Waals surface area contributed by atoms with Crippen LogP contribution in [0.2, 0.25) is 0 Å². The molecular weight excluding hydrogens is 396 g/mol. The van der Waals surface area contributed by atoms with Crippen LogP contribution in [0, 0.1) is 22.7 Å². The molecule has 0 aromatic heterocycles. The first kappa shape index (κ1) is 21.7. The molecule has 6 heteroatoms. The second-order valence-electron chi connectivity index (χ2n) is 12.1. The topological polar surface area (TPSA) is 37.7 Å². The fourth-order valence-electron chi connectivity index (χ4n) is 8.30. The molecule has 4 unspecified atom stereocenters. The number of nitrogens with zero attached hydrogens (tertiary/aromatic N) is 6. The summed E-state index contributed by atoms with van der Waals surface area (Å²) in [6.45, 7) is 19.4. The lowest BCUT2D eigenvalue weighted by Gasteiger charge is -2.51. The number of hydrogen-bond donors (Lipinski definition) is 0. The average molecular weight is 441 g/mol. The summed E-state index contributed by atoms with van der Waals surface area (Å²) in [5.41, 5.74) is 3.49. The van der Waals surface area contributed by atoms with E-state index in [1.54, 1.807) is 0 Å². The van der Waals surface area contributed by atoms with E-state index < -0.39 is 0 Å². The van der Waals surface area contributed by atoms with Crippen molar-refractivity contribution in [1.82, 2.24) is 19.6 Å². The minimum atomic E-state index is 0.254. The second-order valence-corrected chi connectivity index (χ2v) is 12.1. The number of fused-ring (bicyclic) bond motifs is 2. The smallest absolute Gasteiger partial charge is 0.0549 e. The van der Waals surface area contributed by atoms with Gasteiger partial charge in [-0.2, -0.15) is 10.2 Å². The Labute approximate surface area is 195 Å². The number of piperidine rings is 4. The zero-order valence-corrected chi connectivity index (χ0v) is 20.6. The van der Waals surface area contributed by atoms with E-state index in [9.17, 15) is 0 Å². The van der Waals surface area contributed by atoms with E-state index in [0.29, 0.717) is 11.8 Å². The first-order valence-electron chi connectivity index (χ1n) is 13.7. The molecule has 32 heavy (non-hydrogen) atoms. The Hall–Kier alpha value is -0.820. The standard InChI is InChI=1S/C26H44N6/c1-3-5-7-25-17-29-9-10-30(18-25)14-21(13-29)23(25)27-28-24-22-15-31-11-12-32(16-22)20-26(24,19-31)8-6-4-2/h21-22H,3-20H2,1-2H3. The molecule has 8 rings (SSSR count). The highest BCUT2D eigenvalue weighted by molar-refractivity contribution is 5.98.